The summed E-state index contributed by atoms with van der Waals surface area (Å²) < 4.78 is 0. The SMILES string of the molecule is CCC[CH-]CCCC.CCC[CH-]CCCC.CCC[CH-]CCCC.Cl.[Rh+3]. The van der Waals surface area contributed by atoms with E-state index >= 15 is 0 Å². The Bertz CT molecular complexity index is 116. The third kappa shape index (κ3) is 56.3. The summed E-state index contributed by atoms with van der Waals surface area (Å²) in [5.41, 5.74) is 0. The smallest absolute Gasteiger partial charge is 0.328 e. The zero-order chi connectivity index (χ0) is 18.7. The van der Waals surface area contributed by atoms with Crippen molar-refractivity contribution in [3.05, 3.63) is 19.3 Å². The Morgan fingerprint density at radius 3 is 0.769 bits per heavy atom. The molecule has 0 atom stereocenters. The maximum atomic E-state index is 2.39. The monoisotopic (exact) mass is 478 g/mol. The van der Waals surface area contributed by atoms with Crippen molar-refractivity contribution in [1.29, 1.82) is 0 Å². The molecule has 2 heteroatoms. The molecule has 26 heavy (non-hydrogen) atoms. The molecular formula is C24H52ClRh. The maximum Gasteiger partial charge on any atom is 3.00 e. The molecule has 0 aromatic rings. The van der Waals surface area contributed by atoms with E-state index in [1.165, 1.54) is 96.3 Å². The van der Waals surface area contributed by atoms with E-state index in [4.69, 9.17) is 0 Å². The van der Waals surface area contributed by atoms with Crippen LogP contribution in [-0.2, 0) is 19.5 Å². The molecule has 164 valence electrons. The Balaban J connectivity index is -0.0000000817. The van der Waals surface area contributed by atoms with Gasteiger partial charge >= 0.3 is 19.5 Å². The van der Waals surface area contributed by atoms with Gasteiger partial charge in [-0.25, -0.2) is 0 Å². The van der Waals surface area contributed by atoms with Gasteiger partial charge in [0.25, 0.3) is 0 Å². The Morgan fingerprint density at radius 1 is 0.385 bits per heavy atom. The first-order valence-corrected chi connectivity index (χ1v) is 11.2. The Kier molecular flexibility index (Phi) is 65.1. The van der Waals surface area contributed by atoms with Gasteiger partial charge < -0.3 is 19.3 Å². The predicted molar refractivity (Wildman–Crippen MR) is 123 cm³/mol. The Morgan fingerprint density at radius 2 is 0.615 bits per heavy atom. The molecule has 0 saturated heterocycles. The van der Waals surface area contributed by atoms with Crippen LogP contribution in [0.25, 0.3) is 0 Å². The van der Waals surface area contributed by atoms with Crippen molar-refractivity contribution in [2.45, 2.75) is 138 Å². The second-order valence-corrected chi connectivity index (χ2v) is 6.66. The first-order valence-electron chi connectivity index (χ1n) is 11.2. The number of hydrogen-bond donors (Lipinski definition) is 0. The molecule has 0 aromatic heterocycles. The summed E-state index contributed by atoms with van der Waals surface area (Å²) >= 11 is 0. The van der Waals surface area contributed by atoms with Crippen LogP contribution in [0.5, 0.6) is 0 Å². The Hall–Kier alpha value is 0.913. The zero-order valence-electron chi connectivity index (χ0n) is 19.1. The molecule has 0 spiro atoms. The molecule has 0 fully saturated rings. The summed E-state index contributed by atoms with van der Waals surface area (Å²) in [7, 11) is 0. The average molecular weight is 479 g/mol. The summed E-state index contributed by atoms with van der Waals surface area (Å²) in [6.45, 7) is 13.4. The minimum Gasteiger partial charge on any atom is -0.328 e. The molecular weight excluding hydrogens is 427 g/mol. The molecule has 0 N–H and O–H groups in total. The fraction of sp³-hybridized carbons (Fsp3) is 0.875. The van der Waals surface area contributed by atoms with Crippen molar-refractivity contribution < 1.29 is 19.5 Å². The van der Waals surface area contributed by atoms with Gasteiger partial charge in [0.2, 0.25) is 0 Å². The van der Waals surface area contributed by atoms with Crippen molar-refractivity contribution in [3.8, 4) is 0 Å². The molecule has 0 nitrogen and oxygen atoms in total. The van der Waals surface area contributed by atoms with Crippen LogP contribution in [0, 0.1) is 19.3 Å². The van der Waals surface area contributed by atoms with E-state index in [0.717, 1.165) is 0 Å². The Labute approximate surface area is 188 Å². The molecule has 0 radical (unpaired) electrons. The van der Waals surface area contributed by atoms with Crippen molar-refractivity contribution in [2.24, 2.45) is 0 Å². The quantitative estimate of drug-likeness (QED) is 0.125. The number of halogens is 1. The summed E-state index contributed by atoms with van der Waals surface area (Å²) in [4.78, 5) is 0. The van der Waals surface area contributed by atoms with E-state index in [2.05, 4.69) is 60.8 Å². The second kappa shape index (κ2) is 45.0. The molecule has 0 rings (SSSR count). The molecule has 0 amide bonds. The van der Waals surface area contributed by atoms with Gasteiger partial charge in [-0.05, 0) is 0 Å². The van der Waals surface area contributed by atoms with E-state index < -0.39 is 0 Å². The molecule has 0 bridgehead atoms. The van der Waals surface area contributed by atoms with E-state index in [0.29, 0.717) is 0 Å². The van der Waals surface area contributed by atoms with Crippen molar-refractivity contribution in [3.63, 3.8) is 0 Å². The number of unbranched alkanes of at least 4 members (excludes halogenated alkanes) is 15. The van der Waals surface area contributed by atoms with Crippen LogP contribution < -0.4 is 0 Å². The molecule has 0 aliphatic rings. The van der Waals surface area contributed by atoms with Crippen molar-refractivity contribution in [1.82, 2.24) is 0 Å². The van der Waals surface area contributed by atoms with E-state index in [1.54, 1.807) is 0 Å². The van der Waals surface area contributed by atoms with Crippen LogP contribution in [0.1, 0.15) is 138 Å². The standard InChI is InChI=1S/3C8H17.ClH.Rh/c3*1-3-5-7-8-6-4-2;;/h3*7H,3-6,8H2,1-2H3;1H;/q3*-1;;+3. The van der Waals surface area contributed by atoms with Gasteiger partial charge in [-0.2, -0.15) is 38.5 Å². The number of hydrogen-bond acceptors (Lipinski definition) is 0. The van der Waals surface area contributed by atoms with Crippen molar-refractivity contribution in [2.75, 3.05) is 0 Å². The van der Waals surface area contributed by atoms with Crippen LogP contribution in [0.2, 0.25) is 0 Å². The van der Waals surface area contributed by atoms with Gasteiger partial charge in [-0.3, -0.25) is 0 Å². The van der Waals surface area contributed by atoms with Crippen LogP contribution >= 0.6 is 12.4 Å². The van der Waals surface area contributed by atoms with Gasteiger partial charge in [0.15, 0.2) is 0 Å². The van der Waals surface area contributed by atoms with Gasteiger partial charge in [0.1, 0.15) is 0 Å². The topological polar surface area (TPSA) is 0 Å². The molecule has 0 saturated carbocycles. The van der Waals surface area contributed by atoms with Crippen LogP contribution in [0.15, 0.2) is 0 Å². The summed E-state index contributed by atoms with van der Waals surface area (Å²) in [6.07, 6.45) is 27.1. The van der Waals surface area contributed by atoms with Crippen LogP contribution in [-0.4, -0.2) is 0 Å². The maximum absolute atomic E-state index is 2.39. The second-order valence-electron chi connectivity index (χ2n) is 6.66. The summed E-state index contributed by atoms with van der Waals surface area (Å²) in [6, 6.07) is 0. The fourth-order valence-electron chi connectivity index (χ4n) is 2.09. The molecule has 0 aliphatic carbocycles. The summed E-state index contributed by atoms with van der Waals surface area (Å²) in [5.74, 6) is 0. The summed E-state index contributed by atoms with van der Waals surface area (Å²) in [5, 5.41) is 0. The van der Waals surface area contributed by atoms with Crippen LogP contribution in [0.3, 0.4) is 0 Å². The minimum atomic E-state index is 0. The average Bonchev–Trinajstić information content (AvgIpc) is 2.61. The van der Waals surface area contributed by atoms with Gasteiger partial charge in [-0.15, -0.1) is 12.4 Å². The van der Waals surface area contributed by atoms with E-state index in [1.807, 2.05) is 0 Å². The third-order valence-corrected chi connectivity index (χ3v) is 3.76. The van der Waals surface area contributed by atoms with Crippen molar-refractivity contribution >= 4 is 12.4 Å². The molecule has 0 aromatic carbocycles. The van der Waals surface area contributed by atoms with Crippen LogP contribution in [0.4, 0.5) is 0 Å². The first kappa shape index (κ1) is 37.6. The van der Waals surface area contributed by atoms with Gasteiger partial charge in [0.05, 0.1) is 0 Å². The zero-order valence-corrected chi connectivity index (χ0v) is 21.5. The normalized spacial score (nSPS) is 9.00. The largest absolute Gasteiger partial charge is 3.00 e. The predicted octanol–water partition coefficient (Wildman–Crippen LogP) is 9.96. The molecule has 0 aliphatic heterocycles. The molecule has 0 heterocycles. The number of rotatable bonds is 15. The van der Waals surface area contributed by atoms with E-state index in [9.17, 15) is 0 Å². The fourth-order valence-corrected chi connectivity index (χ4v) is 2.09. The van der Waals surface area contributed by atoms with Gasteiger partial charge in [0, 0.05) is 0 Å². The van der Waals surface area contributed by atoms with Gasteiger partial charge in [-0.1, -0.05) is 99.3 Å². The van der Waals surface area contributed by atoms with E-state index in [-0.39, 0.29) is 31.9 Å². The third-order valence-electron chi connectivity index (χ3n) is 3.76. The minimum absolute atomic E-state index is 0. The molecule has 0 unspecified atom stereocenters. The first-order chi connectivity index (χ1) is 11.7.